The van der Waals surface area contributed by atoms with Crippen molar-refractivity contribution in [2.75, 3.05) is 7.05 Å². The van der Waals surface area contributed by atoms with Crippen LogP contribution < -0.4 is 5.43 Å². The summed E-state index contributed by atoms with van der Waals surface area (Å²) in [5.41, 5.74) is 2.60. The molecule has 0 amide bonds. The van der Waals surface area contributed by atoms with Crippen LogP contribution in [0.4, 0.5) is 0 Å². The van der Waals surface area contributed by atoms with Gasteiger partial charge in [0.2, 0.25) is 0 Å². The molecule has 0 aliphatic heterocycles. The molecule has 0 aliphatic rings. The average Bonchev–Trinajstić information content (AvgIpc) is 1.97. The van der Waals surface area contributed by atoms with Gasteiger partial charge >= 0.3 is 5.97 Å². The SMILES string of the molecule is C=C/C(=C\C=N/NC)C(=O)O. The Morgan fingerprint density at radius 2 is 2.36 bits per heavy atom. The van der Waals surface area contributed by atoms with Gasteiger partial charge in [-0.15, -0.1) is 0 Å². The molecule has 0 aromatic rings. The fourth-order valence-electron chi connectivity index (χ4n) is 0.419. The minimum Gasteiger partial charge on any atom is -0.478 e. The van der Waals surface area contributed by atoms with Gasteiger partial charge in [0.1, 0.15) is 0 Å². The number of nitrogens with zero attached hydrogens (tertiary/aromatic N) is 1. The van der Waals surface area contributed by atoms with Crippen LogP contribution in [0.5, 0.6) is 0 Å². The van der Waals surface area contributed by atoms with E-state index in [1.807, 2.05) is 0 Å². The highest BCUT2D eigenvalue weighted by molar-refractivity contribution is 5.94. The van der Waals surface area contributed by atoms with Gasteiger partial charge in [-0.25, -0.2) is 4.79 Å². The van der Waals surface area contributed by atoms with Crippen LogP contribution in [0.15, 0.2) is 29.4 Å². The van der Waals surface area contributed by atoms with E-state index in [0.29, 0.717) is 0 Å². The largest absolute Gasteiger partial charge is 0.478 e. The molecule has 0 aromatic carbocycles. The van der Waals surface area contributed by atoms with Gasteiger partial charge in [-0.1, -0.05) is 12.7 Å². The monoisotopic (exact) mass is 154 g/mol. The molecule has 11 heavy (non-hydrogen) atoms. The Labute approximate surface area is 64.9 Å². The van der Waals surface area contributed by atoms with Crippen molar-refractivity contribution in [3.8, 4) is 0 Å². The van der Waals surface area contributed by atoms with Crippen molar-refractivity contribution >= 4 is 12.2 Å². The lowest BCUT2D eigenvalue weighted by molar-refractivity contribution is -0.132. The van der Waals surface area contributed by atoms with Crippen molar-refractivity contribution in [2.24, 2.45) is 5.10 Å². The normalized spacial score (nSPS) is 11.5. The number of hydrogen-bond donors (Lipinski definition) is 2. The maximum absolute atomic E-state index is 10.3. The molecular weight excluding hydrogens is 144 g/mol. The van der Waals surface area contributed by atoms with Gasteiger partial charge in [0.05, 0.1) is 5.57 Å². The van der Waals surface area contributed by atoms with Gasteiger partial charge in [-0.2, -0.15) is 5.10 Å². The van der Waals surface area contributed by atoms with Crippen molar-refractivity contribution < 1.29 is 9.90 Å². The summed E-state index contributed by atoms with van der Waals surface area (Å²) < 4.78 is 0. The molecule has 0 spiro atoms. The molecule has 0 aliphatic carbocycles. The summed E-state index contributed by atoms with van der Waals surface area (Å²) in [4.78, 5) is 10.3. The summed E-state index contributed by atoms with van der Waals surface area (Å²) in [6.07, 6.45) is 3.96. The molecule has 60 valence electrons. The highest BCUT2D eigenvalue weighted by atomic mass is 16.4. The summed E-state index contributed by atoms with van der Waals surface area (Å²) in [7, 11) is 1.62. The number of nitrogens with one attached hydrogen (secondary N) is 1. The molecule has 0 heterocycles. The van der Waals surface area contributed by atoms with Crippen LogP contribution in [-0.4, -0.2) is 24.3 Å². The number of hydrazone groups is 1. The summed E-state index contributed by atoms with van der Waals surface area (Å²) in [5, 5.41) is 12.0. The lowest BCUT2D eigenvalue weighted by Gasteiger charge is -1.88. The number of carbonyl (C=O) groups is 1. The molecule has 0 radical (unpaired) electrons. The molecule has 0 rings (SSSR count). The second kappa shape index (κ2) is 5.22. The lowest BCUT2D eigenvalue weighted by Crippen LogP contribution is -1.98. The molecule has 0 atom stereocenters. The van der Waals surface area contributed by atoms with E-state index in [1.54, 1.807) is 7.05 Å². The predicted molar refractivity (Wildman–Crippen MR) is 43.5 cm³/mol. The molecule has 4 nitrogen and oxygen atoms in total. The summed E-state index contributed by atoms with van der Waals surface area (Å²) in [5.74, 6) is -1.01. The summed E-state index contributed by atoms with van der Waals surface area (Å²) >= 11 is 0. The number of rotatable bonds is 4. The quantitative estimate of drug-likeness (QED) is 0.266. The van der Waals surface area contributed by atoms with Crippen LogP contribution in [-0.2, 0) is 4.79 Å². The fourth-order valence-corrected chi connectivity index (χ4v) is 0.419. The maximum Gasteiger partial charge on any atom is 0.335 e. The summed E-state index contributed by atoms with van der Waals surface area (Å²) in [6.45, 7) is 3.33. The number of carboxylic acid groups (broad SMARTS) is 1. The zero-order valence-electron chi connectivity index (χ0n) is 6.24. The number of aliphatic carboxylic acids is 1. The topological polar surface area (TPSA) is 61.7 Å². The molecular formula is C7H10N2O2. The van der Waals surface area contributed by atoms with E-state index >= 15 is 0 Å². The average molecular weight is 154 g/mol. The van der Waals surface area contributed by atoms with Crippen LogP contribution in [0.25, 0.3) is 0 Å². The highest BCUT2D eigenvalue weighted by Gasteiger charge is 1.98. The lowest BCUT2D eigenvalue weighted by atomic mass is 10.2. The second-order valence-electron chi connectivity index (χ2n) is 1.63. The van der Waals surface area contributed by atoms with Crippen molar-refractivity contribution in [2.45, 2.75) is 0 Å². The Morgan fingerprint density at radius 3 is 2.73 bits per heavy atom. The molecule has 0 bridgehead atoms. The third-order valence-electron chi connectivity index (χ3n) is 0.925. The van der Waals surface area contributed by atoms with E-state index in [4.69, 9.17) is 5.11 Å². The molecule has 0 unspecified atom stereocenters. The van der Waals surface area contributed by atoms with Crippen LogP contribution in [0.3, 0.4) is 0 Å². The Kier molecular flexibility index (Phi) is 4.47. The van der Waals surface area contributed by atoms with Gasteiger partial charge in [0.15, 0.2) is 0 Å². The van der Waals surface area contributed by atoms with Gasteiger partial charge < -0.3 is 10.5 Å². The molecule has 4 heteroatoms. The zero-order chi connectivity index (χ0) is 8.69. The van der Waals surface area contributed by atoms with E-state index in [9.17, 15) is 4.79 Å². The Morgan fingerprint density at radius 1 is 1.73 bits per heavy atom. The van der Waals surface area contributed by atoms with Crippen LogP contribution in [0, 0.1) is 0 Å². The second-order valence-corrected chi connectivity index (χ2v) is 1.63. The van der Waals surface area contributed by atoms with Crippen molar-refractivity contribution in [3.05, 3.63) is 24.3 Å². The van der Waals surface area contributed by atoms with Gasteiger partial charge in [0, 0.05) is 13.3 Å². The van der Waals surface area contributed by atoms with Crippen molar-refractivity contribution in [1.29, 1.82) is 0 Å². The summed E-state index contributed by atoms with van der Waals surface area (Å²) in [6, 6.07) is 0. The standard InChI is InChI=1S/C7H10N2O2/c1-3-6(7(10)11)4-5-9-8-2/h3-5,8H,1H2,2H3,(H,10,11)/b6-4+,9-5-. The first-order valence-electron chi connectivity index (χ1n) is 2.98. The third-order valence-corrected chi connectivity index (χ3v) is 0.925. The zero-order valence-corrected chi connectivity index (χ0v) is 6.24. The first-order chi connectivity index (χ1) is 5.22. The van der Waals surface area contributed by atoms with Crippen molar-refractivity contribution in [3.63, 3.8) is 0 Å². The Hall–Kier alpha value is -1.58. The van der Waals surface area contributed by atoms with Crippen LogP contribution >= 0.6 is 0 Å². The third kappa shape index (κ3) is 3.91. The molecule has 0 saturated carbocycles. The Bertz CT molecular complexity index is 206. The highest BCUT2D eigenvalue weighted by Crippen LogP contribution is 1.92. The van der Waals surface area contributed by atoms with Gasteiger partial charge in [-0.3, -0.25) is 0 Å². The Balaban J connectivity index is 4.24. The van der Waals surface area contributed by atoms with E-state index < -0.39 is 5.97 Å². The number of allylic oxidation sites excluding steroid dienone is 1. The van der Waals surface area contributed by atoms with E-state index in [-0.39, 0.29) is 5.57 Å². The predicted octanol–water partition coefficient (Wildman–Crippen LogP) is 0.389. The molecule has 2 N–H and O–H groups in total. The van der Waals surface area contributed by atoms with Crippen LogP contribution in [0.1, 0.15) is 0 Å². The van der Waals surface area contributed by atoms with Gasteiger partial charge in [0.25, 0.3) is 0 Å². The van der Waals surface area contributed by atoms with E-state index in [2.05, 4.69) is 17.1 Å². The van der Waals surface area contributed by atoms with E-state index in [0.717, 1.165) is 0 Å². The van der Waals surface area contributed by atoms with Gasteiger partial charge in [-0.05, 0) is 6.08 Å². The van der Waals surface area contributed by atoms with Crippen LogP contribution in [0.2, 0.25) is 0 Å². The molecule has 0 saturated heterocycles. The van der Waals surface area contributed by atoms with E-state index in [1.165, 1.54) is 18.4 Å². The first kappa shape index (κ1) is 9.42. The number of carboxylic acids is 1. The minimum atomic E-state index is -1.01. The minimum absolute atomic E-state index is 0.115. The fraction of sp³-hybridized carbons (Fsp3) is 0.143. The molecule has 0 fully saturated rings. The van der Waals surface area contributed by atoms with Crippen molar-refractivity contribution in [1.82, 2.24) is 5.43 Å². The molecule has 0 aromatic heterocycles. The maximum atomic E-state index is 10.3. The number of hydrogen-bond acceptors (Lipinski definition) is 3. The smallest absolute Gasteiger partial charge is 0.335 e. The first-order valence-corrected chi connectivity index (χ1v) is 2.98.